The molecule has 0 saturated heterocycles. The Morgan fingerprint density at radius 1 is 1.07 bits per heavy atom. The fourth-order valence-corrected chi connectivity index (χ4v) is 2.50. The third-order valence-corrected chi connectivity index (χ3v) is 3.70. The summed E-state index contributed by atoms with van der Waals surface area (Å²) >= 11 is 0. The lowest BCUT2D eigenvalue weighted by Gasteiger charge is -2.12. The third kappa shape index (κ3) is 1.62. The minimum atomic E-state index is 0.621. The van der Waals surface area contributed by atoms with Gasteiger partial charge in [0.05, 0.1) is 0 Å². The lowest BCUT2D eigenvalue weighted by Crippen LogP contribution is -1.97. The molecule has 0 bridgehead atoms. The molecule has 1 aromatic carbocycles. The van der Waals surface area contributed by atoms with Crippen LogP contribution >= 0.6 is 0 Å². The van der Waals surface area contributed by atoms with Crippen LogP contribution in [-0.2, 0) is 12.8 Å². The predicted octanol–water partition coefficient (Wildman–Crippen LogP) is 4.33. The van der Waals surface area contributed by atoms with Crippen molar-refractivity contribution in [2.45, 2.75) is 46.5 Å². The van der Waals surface area contributed by atoms with Gasteiger partial charge in [-0.05, 0) is 42.0 Å². The van der Waals surface area contributed by atoms with Crippen LogP contribution in [0.1, 0.15) is 55.9 Å². The number of benzene rings is 1. The van der Waals surface area contributed by atoms with E-state index in [1.807, 2.05) is 0 Å². The van der Waals surface area contributed by atoms with Gasteiger partial charge in [0.15, 0.2) is 0 Å². The van der Waals surface area contributed by atoms with E-state index in [0.717, 1.165) is 12.8 Å². The molecule has 80 valence electrons. The molecule has 0 aliphatic heterocycles. The van der Waals surface area contributed by atoms with Crippen molar-refractivity contribution in [3.63, 3.8) is 0 Å². The van der Waals surface area contributed by atoms with Gasteiger partial charge in [-0.25, -0.2) is 0 Å². The monoisotopic (exact) mass is 200 g/mol. The number of aryl methyl sites for hydroxylation is 2. The zero-order chi connectivity index (χ0) is 11.0. The molecule has 1 aromatic rings. The molecule has 0 N–H and O–H groups in total. The molecule has 0 spiro atoms. The Balaban J connectivity index is 2.54. The van der Waals surface area contributed by atoms with E-state index in [0.29, 0.717) is 5.92 Å². The van der Waals surface area contributed by atoms with Gasteiger partial charge in [-0.1, -0.05) is 44.6 Å². The zero-order valence-corrected chi connectivity index (χ0v) is 10.2. The van der Waals surface area contributed by atoms with E-state index in [9.17, 15) is 0 Å². The van der Waals surface area contributed by atoms with Crippen molar-refractivity contribution in [1.29, 1.82) is 0 Å². The summed E-state index contributed by atoms with van der Waals surface area (Å²) in [4.78, 5) is 0. The average molecular weight is 200 g/mol. The van der Waals surface area contributed by atoms with E-state index in [1.54, 1.807) is 0 Å². The Kier molecular flexibility index (Phi) is 2.68. The van der Waals surface area contributed by atoms with E-state index in [2.05, 4.69) is 45.9 Å². The summed E-state index contributed by atoms with van der Waals surface area (Å²) in [7, 11) is 0. The molecule has 0 radical (unpaired) electrons. The molecular weight excluding hydrogens is 180 g/mol. The van der Waals surface area contributed by atoms with Gasteiger partial charge in [-0.3, -0.25) is 0 Å². The number of rotatable bonds is 2. The van der Waals surface area contributed by atoms with Crippen molar-refractivity contribution in [2.24, 2.45) is 0 Å². The molecule has 0 heterocycles. The minimum Gasteiger partial charge on any atom is -0.0655 e. The minimum absolute atomic E-state index is 0.621. The molecule has 1 atom stereocenters. The van der Waals surface area contributed by atoms with Crippen molar-refractivity contribution in [3.8, 4) is 0 Å². The van der Waals surface area contributed by atoms with Gasteiger partial charge in [-0.2, -0.15) is 0 Å². The van der Waals surface area contributed by atoms with Crippen molar-refractivity contribution >= 4 is 6.08 Å². The largest absolute Gasteiger partial charge is 0.0655 e. The normalized spacial score (nSPS) is 18.9. The zero-order valence-electron chi connectivity index (χ0n) is 10.2. The summed E-state index contributed by atoms with van der Waals surface area (Å²) in [6.07, 6.45) is 4.65. The van der Waals surface area contributed by atoms with Gasteiger partial charge < -0.3 is 0 Å². The predicted molar refractivity (Wildman–Crippen MR) is 67.3 cm³/mol. The third-order valence-electron chi connectivity index (χ3n) is 3.70. The lowest BCUT2D eigenvalue weighted by atomic mass is 9.92. The van der Waals surface area contributed by atoms with E-state index in [1.165, 1.54) is 27.8 Å². The van der Waals surface area contributed by atoms with Gasteiger partial charge in [0.2, 0.25) is 0 Å². The number of hydrogen-bond donors (Lipinski definition) is 0. The molecule has 0 fully saturated rings. The van der Waals surface area contributed by atoms with Gasteiger partial charge >= 0.3 is 0 Å². The summed E-state index contributed by atoms with van der Waals surface area (Å²) in [5, 5.41) is 0. The van der Waals surface area contributed by atoms with Gasteiger partial charge in [0.25, 0.3) is 0 Å². The summed E-state index contributed by atoms with van der Waals surface area (Å²) in [6, 6.07) is 4.81. The Morgan fingerprint density at radius 2 is 1.67 bits per heavy atom. The molecule has 2 rings (SSSR count). The van der Waals surface area contributed by atoms with Crippen LogP contribution in [0.2, 0.25) is 0 Å². The van der Waals surface area contributed by atoms with Crippen LogP contribution in [0.3, 0.4) is 0 Å². The fourth-order valence-electron chi connectivity index (χ4n) is 2.50. The first-order valence-corrected chi connectivity index (χ1v) is 6.01. The highest BCUT2D eigenvalue weighted by Crippen LogP contribution is 2.37. The van der Waals surface area contributed by atoms with Crippen LogP contribution in [0.5, 0.6) is 0 Å². The smallest absolute Gasteiger partial charge is 0.00264 e. The highest BCUT2D eigenvalue weighted by atomic mass is 14.2. The Hall–Kier alpha value is -1.04. The Labute approximate surface area is 93.0 Å². The first-order valence-electron chi connectivity index (χ1n) is 6.01. The molecule has 1 aliphatic rings. The maximum atomic E-state index is 2.42. The first-order chi connectivity index (χ1) is 7.17. The standard InChI is InChI=1S/C15H20/c1-5-12-8-14-7-10(3)11(4)15(14)9-13(12)6-2/h7-9,11H,5-6H2,1-4H3. The second-order valence-electron chi connectivity index (χ2n) is 4.57. The van der Waals surface area contributed by atoms with Crippen LogP contribution in [0, 0.1) is 0 Å². The first kappa shape index (κ1) is 10.5. The van der Waals surface area contributed by atoms with E-state index < -0.39 is 0 Å². The summed E-state index contributed by atoms with van der Waals surface area (Å²) < 4.78 is 0. The Morgan fingerprint density at radius 3 is 2.27 bits per heavy atom. The van der Waals surface area contributed by atoms with Crippen LogP contribution < -0.4 is 0 Å². The number of hydrogen-bond acceptors (Lipinski definition) is 0. The quantitative estimate of drug-likeness (QED) is 0.666. The molecule has 1 aliphatic carbocycles. The molecule has 0 nitrogen and oxygen atoms in total. The highest BCUT2D eigenvalue weighted by molar-refractivity contribution is 5.67. The molecule has 15 heavy (non-hydrogen) atoms. The molecule has 0 saturated carbocycles. The molecule has 0 aromatic heterocycles. The van der Waals surface area contributed by atoms with Crippen molar-refractivity contribution in [2.75, 3.05) is 0 Å². The average Bonchev–Trinajstić information content (AvgIpc) is 2.53. The van der Waals surface area contributed by atoms with Gasteiger partial charge in [0.1, 0.15) is 0 Å². The van der Waals surface area contributed by atoms with Crippen molar-refractivity contribution in [3.05, 3.63) is 40.0 Å². The molecule has 0 heteroatoms. The fraction of sp³-hybridized carbons (Fsp3) is 0.467. The van der Waals surface area contributed by atoms with E-state index in [-0.39, 0.29) is 0 Å². The SMILES string of the molecule is CCc1cc2c(cc1CC)C(C)C(C)=C2. The molecule has 1 unspecified atom stereocenters. The van der Waals surface area contributed by atoms with Crippen molar-refractivity contribution < 1.29 is 0 Å². The second-order valence-corrected chi connectivity index (χ2v) is 4.57. The van der Waals surface area contributed by atoms with E-state index in [4.69, 9.17) is 0 Å². The van der Waals surface area contributed by atoms with Crippen LogP contribution in [0.25, 0.3) is 6.08 Å². The molecular formula is C15H20. The maximum Gasteiger partial charge on any atom is 0.00264 e. The van der Waals surface area contributed by atoms with Crippen LogP contribution in [0.15, 0.2) is 17.7 Å². The van der Waals surface area contributed by atoms with Gasteiger partial charge in [0, 0.05) is 5.92 Å². The summed E-state index contributed by atoms with van der Waals surface area (Å²) in [6.45, 7) is 9.04. The van der Waals surface area contributed by atoms with Crippen molar-refractivity contribution in [1.82, 2.24) is 0 Å². The van der Waals surface area contributed by atoms with E-state index >= 15 is 0 Å². The Bertz CT molecular complexity index is 410. The highest BCUT2D eigenvalue weighted by Gasteiger charge is 2.19. The number of allylic oxidation sites excluding steroid dienone is 1. The van der Waals surface area contributed by atoms with Crippen LogP contribution in [-0.4, -0.2) is 0 Å². The summed E-state index contributed by atoms with van der Waals surface area (Å²) in [5.74, 6) is 0.621. The second kappa shape index (κ2) is 3.84. The lowest BCUT2D eigenvalue weighted by molar-refractivity contribution is 0.910. The topological polar surface area (TPSA) is 0 Å². The summed E-state index contributed by atoms with van der Waals surface area (Å²) in [5.41, 5.74) is 7.54. The maximum absolute atomic E-state index is 2.42. The number of fused-ring (bicyclic) bond motifs is 1. The van der Waals surface area contributed by atoms with Crippen LogP contribution in [0.4, 0.5) is 0 Å². The van der Waals surface area contributed by atoms with Gasteiger partial charge in [-0.15, -0.1) is 0 Å². The molecule has 0 amide bonds.